The standard InChI is InChI=1S/C12H17FN2O2S/c1-2-15(12-6-4-3-5-11(12)13)18(16,17)10-7-8-14-9-10/h3-6,10,14H,2,7-9H2,1H3. The summed E-state index contributed by atoms with van der Waals surface area (Å²) in [6.07, 6.45) is 0.577. The van der Waals surface area contributed by atoms with Gasteiger partial charge in [0.2, 0.25) is 10.0 Å². The highest BCUT2D eigenvalue weighted by atomic mass is 32.2. The Kier molecular flexibility index (Phi) is 3.87. The summed E-state index contributed by atoms with van der Waals surface area (Å²) in [4.78, 5) is 0. The van der Waals surface area contributed by atoms with Gasteiger partial charge in [-0.2, -0.15) is 0 Å². The predicted molar refractivity (Wildman–Crippen MR) is 69.6 cm³/mol. The van der Waals surface area contributed by atoms with Crippen LogP contribution in [0.2, 0.25) is 0 Å². The first-order valence-electron chi connectivity index (χ1n) is 6.04. The molecule has 100 valence electrons. The van der Waals surface area contributed by atoms with Crippen LogP contribution in [0.25, 0.3) is 0 Å². The van der Waals surface area contributed by atoms with E-state index in [2.05, 4.69) is 5.32 Å². The second kappa shape index (κ2) is 5.24. The molecule has 0 radical (unpaired) electrons. The van der Waals surface area contributed by atoms with Crippen molar-refractivity contribution >= 4 is 15.7 Å². The zero-order valence-corrected chi connectivity index (χ0v) is 11.1. The number of benzene rings is 1. The summed E-state index contributed by atoms with van der Waals surface area (Å²) in [5.41, 5.74) is 0.131. The number of anilines is 1. The van der Waals surface area contributed by atoms with Crippen molar-refractivity contribution in [2.75, 3.05) is 23.9 Å². The maximum Gasteiger partial charge on any atom is 0.239 e. The van der Waals surface area contributed by atoms with Gasteiger partial charge < -0.3 is 5.32 Å². The van der Waals surface area contributed by atoms with E-state index in [1.165, 1.54) is 16.4 Å². The van der Waals surface area contributed by atoms with E-state index in [4.69, 9.17) is 0 Å². The third-order valence-electron chi connectivity index (χ3n) is 3.15. The fourth-order valence-corrected chi connectivity index (χ4v) is 4.09. The smallest absolute Gasteiger partial charge is 0.239 e. The van der Waals surface area contributed by atoms with Crippen LogP contribution < -0.4 is 9.62 Å². The van der Waals surface area contributed by atoms with Gasteiger partial charge in [-0.1, -0.05) is 12.1 Å². The lowest BCUT2D eigenvalue weighted by atomic mass is 10.3. The minimum Gasteiger partial charge on any atom is -0.315 e. The molecule has 2 rings (SSSR count). The van der Waals surface area contributed by atoms with Crippen LogP contribution in [0.5, 0.6) is 0 Å². The molecule has 1 fully saturated rings. The fourth-order valence-electron chi connectivity index (χ4n) is 2.20. The Morgan fingerprint density at radius 1 is 1.44 bits per heavy atom. The van der Waals surface area contributed by atoms with E-state index in [1.807, 2.05) is 0 Å². The predicted octanol–water partition coefficient (Wildman–Crippen LogP) is 1.34. The Hall–Kier alpha value is -1.14. The zero-order chi connectivity index (χ0) is 13.2. The van der Waals surface area contributed by atoms with Gasteiger partial charge in [-0.25, -0.2) is 12.8 Å². The number of nitrogens with one attached hydrogen (secondary N) is 1. The Morgan fingerprint density at radius 2 is 2.17 bits per heavy atom. The summed E-state index contributed by atoms with van der Waals surface area (Å²) in [5.74, 6) is -0.506. The first kappa shape index (κ1) is 13.3. The Bertz CT molecular complexity index is 513. The molecule has 1 aromatic rings. The lowest BCUT2D eigenvalue weighted by molar-refractivity contribution is 0.574. The van der Waals surface area contributed by atoms with Crippen LogP contribution in [0.15, 0.2) is 24.3 Å². The van der Waals surface area contributed by atoms with Crippen molar-refractivity contribution in [3.8, 4) is 0 Å². The zero-order valence-electron chi connectivity index (χ0n) is 10.3. The molecule has 6 heteroatoms. The molecule has 0 aromatic heterocycles. The number of para-hydroxylation sites is 1. The third-order valence-corrected chi connectivity index (χ3v) is 5.47. The van der Waals surface area contributed by atoms with Crippen LogP contribution in [-0.4, -0.2) is 33.3 Å². The van der Waals surface area contributed by atoms with Crippen molar-refractivity contribution in [1.29, 1.82) is 0 Å². The maximum absolute atomic E-state index is 13.7. The van der Waals surface area contributed by atoms with E-state index in [0.29, 0.717) is 19.5 Å². The van der Waals surface area contributed by atoms with Crippen molar-refractivity contribution in [3.63, 3.8) is 0 Å². The normalized spacial score (nSPS) is 20.0. The van der Waals surface area contributed by atoms with E-state index >= 15 is 0 Å². The lowest BCUT2D eigenvalue weighted by Crippen LogP contribution is -2.40. The van der Waals surface area contributed by atoms with Crippen LogP contribution in [0.1, 0.15) is 13.3 Å². The molecule has 0 aliphatic carbocycles. The quantitative estimate of drug-likeness (QED) is 0.900. The summed E-state index contributed by atoms with van der Waals surface area (Å²) < 4.78 is 39.8. The van der Waals surface area contributed by atoms with Crippen LogP contribution in [0.3, 0.4) is 0 Å². The van der Waals surface area contributed by atoms with E-state index < -0.39 is 21.1 Å². The molecular formula is C12H17FN2O2S. The Morgan fingerprint density at radius 3 is 2.72 bits per heavy atom. The van der Waals surface area contributed by atoms with Gasteiger partial charge in [-0.3, -0.25) is 4.31 Å². The Balaban J connectivity index is 2.37. The van der Waals surface area contributed by atoms with Crippen molar-refractivity contribution in [2.24, 2.45) is 0 Å². The molecule has 0 spiro atoms. The summed E-state index contributed by atoms with van der Waals surface area (Å²) in [6, 6.07) is 5.97. The number of nitrogens with zero attached hydrogens (tertiary/aromatic N) is 1. The molecule has 1 aromatic carbocycles. The van der Waals surface area contributed by atoms with Crippen molar-refractivity contribution in [2.45, 2.75) is 18.6 Å². The third kappa shape index (κ3) is 2.35. The second-order valence-electron chi connectivity index (χ2n) is 4.28. The highest BCUT2D eigenvalue weighted by Gasteiger charge is 2.34. The first-order valence-corrected chi connectivity index (χ1v) is 7.54. The van der Waals surface area contributed by atoms with Gasteiger partial charge in [0.1, 0.15) is 5.82 Å². The van der Waals surface area contributed by atoms with Gasteiger partial charge in [0, 0.05) is 13.1 Å². The van der Waals surface area contributed by atoms with Gasteiger partial charge >= 0.3 is 0 Å². The van der Waals surface area contributed by atoms with Crippen LogP contribution in [0.4, 0.5) is 10.1 Å². The minimum atomic E-state index is -3.50. The van der Waals surface area contributed by atoms with Gasteiger partial charge in [0.05, 0.1) is 10.9 Å². The minimum absolute atomic E-state index is 0.131. The summed E-state index contributed by atoms with van der Waals surface area (Å²) >= 11 is 0. The number of sulfonamides is 1. The molecule has 0 bridgehead atoms. The largest absolute Gasteiger partial charge is 0.315 e. The van der Waals surface area contributed by atoms with Crippen molar-refractivity contribution in [3.05, 3.63) is 30.1 Å². The Labute approximate surface area is 107 Å². The topological polar surface area (TPSA) is 49.4 Å². The summed E-state index contributed by atoms with van der Waals surface area (Å²) in [7, 11) is -3.50. The highest BCUT2D eigenvalue weighted by molar-refractivity contribution is 7.93. The van der Waals surface area contributed by atoms with E-state index in [1.54, 1.807) is 19.1 Å². The number of halogens is 1. The molecule has 0 amide bonds. The highest BCUT2D eigenvalue weighted by Crippen LogP contribution is 2.25. The van der Waals surface area contributed by atoms with E-state index in [0.717, 1.165) is 0 Å². The van der Waals surface area contributed by atoms with Crippen LogP contribution in [-0.2, 0) is 10.0 Å². The van der Waals surface area contributed by atoms with Crippen LogP contribution >= 0.6 is 0 Å². The molecule has 4 nitrogen and oxygen atoms in total. The van der Waals surface area contributed by atoms with E-state index in [9.17, 15) is 12.8 Å². The number of rotatable bonds is 4. The van der Waals surface area contributed by atoms with E-state index in [-0.39, 0.29) is 12.2 Å². The number of hydrogen-bond donors (Lipinski definition) is 1. The number of hydrogen-bond acceptors (Lipinski definition) is 3. The maximum atomic E-state index is 13.7. The molecule has 0 saturated carbocycles. The average Bonchev–Trinajstić information content (AvgIpc) is 2.86. The average molecular weight is 272 g/mol. The molecule has 18 heavy (non-hydrogen) atoms. The van der Waals surface area contributed by atoms with Gasteiger partial charge in [0.15, 0.2) is 0 Å². The first-order chi connectivity index (χ1) is 8.57. The molecule has 1 aliphatic rings. The molecule has 1 atom stereocenters. The lowest BCUT2D eigenvalue weighted by Gasteiger charge is -2.26. The van der Waals surface area contributed by atoms with Crippen molar-refractivity contribution < 1.29 is 12.8 Å². The van der Waals surface area contributed by atoms with Crippen LogP contribution in [0, 0.1) is 5.82 Å². The summed E-state index contributed by atoms with van der Waals surface area (Å²) in [5, 5.41) is 2.56. The fraction of sp³-hybridized carbons (Fsp3) is 0.500. The van der Waals surface area contributed by atoms with Gasteiger partial charge in [-0.15, -0.1) is 0 Å². The SMILES string of the molecule is CCN(c1ccccc1F)S(=O)(=O)C1CCNC1. The van der Waals surface area contributed by atoms with Gasteiger partial charge in [0.25, 0.3) is 0 Å². The molecule has 1 heterocycles. The van der Waals surface area contributed by atoms with Crippen molar-refractivity contribution in [1.82, 2.24) is 5.32 Å². The molecule has 1 N–H and O–H groups in total. The summed E-state index contributed by atoms with van der Waals surface area (Å²) in [6.45, 7) is 3.08. The molecule has 1 aliphatic heterocycles. The second-order valence-corrected chi connectivity index (χ2v) is 6.41. The molecular weight excluding hydrogens is 255 g/mol. The molecule has 1 unspecified atom stereocenters. The molecule has 1 saturated heterocycles. The van der Waals surface area contributed by atoms with Gasteiger partial charge in [-0.05, 0) is 32.0 Å². The monoisotopic (exact) mass is 272 g/mol.